The van der Waals surface area contributed by atoms with Crippen molar-refractivity contribution >= 4 is 11.6 Å². The van der Waals surface area contributed by atoms with Crippen molar-refractivity contribution in [3.05, 3.63) is 34.9 Å². The van der Waals surface area contributed by atoms with Gasteiger partial charge in [-0.1, -0.05) is 30.7 Å². The van der Waals surface area contributed by atoms with Gasteiger partial charge in [0.2, 0.25) is 0 Å². The standard InChI is InChI=1S/C13H18ClN/c1-2-13(7-4-8-15-13)10-11-5-3-6-12(14)9-11/h3,5-6,9,15H,2,4,7-8,10H2,1H3. The molecule has 1 aromatic carbocycles. The van der Waals surface area contributed by atoms with Crippen molar-refractivity contribution < 1.29 is 0 Å². The Balaban J connectivity index is 2.12. The number of halogens is 1. The molecule has 0 aliphatic carbocycles. The molecule has 2 heteroatoms. The summed E-state index contributed by atoms with van der Waals surface area (Å²) in [5.41, 5.74) is 1.67. The van der Waals surface area contributed by atoms with Gasteiger partial charge in [0.25, 0.3) is 0 Å². The average Bonchev–Trinajstić information content (AvgIpc) is 2.67. The summed E-state index contributed by atoms with van der Waals surface area (Å²) in [6.45, 7) is 3.43. The Labute approximate surface area is 96.8 Å². The molecule has 0 aromatic heterocycles. The molecule has 82 valence electrons. The van der Waals surface area contributed by atoms with Crippen LogP contribution < -0.4 is 5.32 Å². The zero-order chi connectivity index (χ0) is 10.7. The molecule has 1 aliphatic heterocycles. The highest BCUT2D eigenvalue weighted by molar-refractivity contribution is 6.30. The highest BCUT2D eigenvalue weighted by Crippen LogP contribution is 2.27. The van der Waals surface area contributed by atoms with Gasteiger partial charge in [-0.15, -0.1) is 0 Å². The highest BCUT2D eigenvalue weighted by atomic mass is 35.5. The summed E-state index contributed by atoms with van der Waals surface area (Å²) in [6.07, 6.45) is 4.88. The first-order chi connectivity index (χ1) is 7.24. The van der Waals surface area contributed by atoms with Crippen molar-refractivity contribution in [2.24, 2.45) is 0 Å². The third kappa shape index (κ3) is 2.53. The number of benzene rings is 1. The van der Waals surface area contributed by atoms with Crippen molar-refractivity contribution in [2.45, 2.75) is 38.1 Å². The van der Waals surface area contributed by atoms with E-state index < -0.39 is 0 Å². The molecule has 0 bridgehead atoms. The third-order valence-corrected chi connectivity index (χ3v) is 3.68. The van der Waals surface area contributed by atoms with Crippen molar-refractivity contribution in [2.75, 3.05) is 6.54 Å². The summed E-state index contributed by atoms with van der Waals surface area (Å²) in [6, 6.07) is 8.23. The maximum atomic E-state index is 6.00. The molecule has 0 spiro atoms. The SMILES string of the molecule is CCC1(Cc2cccc(Cl)c2)CCCN1. The topological polar surface area (TPSA) is 12.0 Å². The Bertz CT molecular complexity index is 329. The van der Waals surface area contributed by atoms with Crippen LogP contribution in [0, 0.1) is 0 Å². The van der Waals surface area contributed by atoms with E-state index in [2.05, 4.69) is 24.4 Å². The molecule has 0 radical (unpaired) electrons. The zero-order valence-electron chi connectivity index (χ0n) is 9.22. The first-order valence-corrected chi connectivity index (χ1v) is 6.11. The van der Waals surface area contributed by atoms with E-state index in [9.17, 15) is 0 Å². The predicted molar refractivity (Wildman–Crippen MR) is 65.4 cm³/mol. The van der Waals surface area contributed by atoms with Crippen LogP contribution in [0.3, 0.4) is 0 Å². The van der Waals surface area contributed by atoms with Gasteiger partial charge < -0.3 is 5.32 Å². The number of rotatable bonds is 3. The van der Waals surface area contributed by atoms with Gasteiger partial charge >= 0.3 is 0 Å². The van der Waals surface area contributed by atoms with Gasteiger partial charge in [0, 0.05) is 10.6 Å². The Morgan fingerprint density at radius 3 is 2.93 bits per heavy atom. The van der Waals surface area contributed by atoms with Crippen molar-refractivity contribution in [1.82, 2.24) is 5.32 Å². The summed E-state index contributed by atoms with van der Waals surface area (Å²) < 4.78 is 0. The lowest BCUT2D eigenvalue weighted by Gasteiger charge is -2.28. The van der Waals surface area contributed by atoms with E-state index in [0.29, 0.717) is 5.54 Å². The molecule has 1 heterocycles. The molecular formula is C13H18ClN. The Hall–Kier alpha value is -0.530. The third-order valence-electron chi connectivity index (χ3n) is 3.44. The second-order valence-corrected chi connectivity index (χ2v) is 4.91. The minimum Gasteiger partial charge on any atom is -0.311 e. The molecule has 0 amide bonds. The van der Waals surface area contributed by atoms with E-state index in [1.807, 2.05) is 12.1 Å². The molecular weight excluding hydrogens is 206 g/mol. The molecule has 1 atom stereocenters. The van der Waals surface area contributed by atoms with E-state index in [1.165, 1.54) is 24.8 Å². The molecule has 15 heavy (non-hydrogen) atoms. The van der Waals surface area contributed by atoms with Gasteiger partial charge in [0.1, 0.15) is 0 Å². The van der Waals surface area contributed by atoms with E-state index in [1.54, 1.807) is 0 Å². The van der Waals surface area contributed by atoms with Crippen LogP contribution in [0.5, 0.6) is 0 Å². The molecule has 1 fully saturated rings. The second-order valence-electron chi connectivity index (χ2n) is 4.47. The Kier molecular flexibility index (Phi) is 3.32. The maximum absolute atomic E-state index is 6.00. The Morgan fingerprint density at radius 2 is 2.33 bits per heavy atom. The van der Waals surface area contributed by atoms with Gasteiger partial charge in [-0.2, -0.15) is 0 Å². The summed E-state index contributed by atoms with van der Waals surface area (Å²) in [4.78, 5) is 0. The fraction of sp³-hybridized carbons (Fsp3) is 0.538. The molecule has 1 unspecified atom stereocenters. The fourth-order valence-electron chi connectivity index (χ4n) is 2.48. The second kappa shape index (κ2) is 4.54. The average molecular weight is 224 g/mol. The van der Waals surface area contributed by atoms with Crippen LogP contribution in [0.4, 0.5) is 0 Å². The molecule has 1 nitrogen and oxygen atoms in total. The van der Waals surface area contributed by atoms with E-state index in [0.717, 1.165) is 18.0 Å². The minimum absolute atomic E-state index is 0.324. The first kappa shape index (κ1) is 11.0. The summed E-state index contributed by atoms with van der Waals surface area (Å²) in [5.74, 6) is 0. The minimum atomic E-state index is 0.324. The smallest absolute Gasteiger partial charge is 0.0408 e. The van der Waals surface area contributed by atoms with E-state index >= 15 is 0 Å². The van der Waals surface area contributed by atoms with Crippen molar-refractivity contribution in [3.8, 4) is 0 Å². The van der Waals surface area contributed by atoms with Crippen LogP contribution in [-0.4, -0.2) is 12.1 Å². The molecule has 1 N–H and O–H groups in total. The van der Waals surface area contributed by atoms with Crippen LogP contribution >= 0.6 is 11.6 Å². The van der Waals surface area contributed by atoms with Crippen LogP contribution in [0.1, 0.15) is 31.7 Å². The normalized spacial score (nSPS) is 25.7. The molecule has 1 aromatic rings. The molecule has 2 rings (SSSR count). The summed E-state index contributed by atoms with van der Waals surface area (Å²) in [5, 5.41) is 4.49. The van der Waals surface area contributed by atoms with Crippen molar-refractivity contribution in [1.29, 1.82) is 0 Å². The van der Waals surface area contributed by atoms with Gasteiger partial charge in [0.05, 0.1) is 0 Å². The lowest BCUT2D eigenvalue weighted by atomic mass is 9.87. The lowest BCUT2D eigenvalue weighted by molar-refractivity contribution is 0.360. The zero-order valence-corrected chi connectivity index (χ0v) is 9.98. The summed E-state index contributed by atoms with van der Waals surface area (Å²) in [7, 11) is 0. The largest absolute Gasteiger partial charge is 0.311 e. The van der Waals surface area contributed by atoms with Gasteiger partial charge in [-0.3, -0.25) is 0 Å². The number of hydrogen-bond acceptors (Lipinski definition) is 1. The molecule has 0 saturated carbocycles. The van der Waals surface area contributed by atoms with Gasteiger partial charge in [-0.05, 0) is 49.9 Å². The van der Waals surface area contributed by atoms with Crippen LogP contribution in [0.25, 0.3) is 0 Å². The lowest BCUT2D eigenvalue weighted by Crippen LogP contribution is -2.41. The predicted octanol–water partition coefficient (Wildman–Crippen LogP) is 3.41. The van der Waals surface area contributed by atoms with Crippen molar-refractivity contribution in [3.63, 3.8) is 0 Å². The number of nitrogens with one attached hydrogen (secondary N) is 1. The molecule has 1 aliphatic rings. The maximum Gasteiger partial charge on any atom is 0.0408 e. The quantitative estimate of drug-likeness (QED) is 0.828. The van der Waals surface area contributed by atoms with Gasteiger partial charge in [0.15, 0.2) is 0 Å². The monoisotopic (exact) mass is 223 g/mol. The number of hydrogen-bond donors (Lipinski definition) is 1. The fourth-order valence-corrected chi connectivity index (χ4v) is 2.70. The van der Waals surface area contributed by atoms with Crippen LogP contribution in [-0.2, 0) is 6.42 Å². The summed E-state index contributed by atoms with van der Waals surface area (Å²) >= 11 is 6.00. The van der Waals surface area contributed by atoms with E-state index in [4.69, 9.17) is 11.6 Å². The molecule has 1 saturated heterocycles. The van der Waals surface area contributed by atoms with Gasteiger partial charge in [-0.25, -0.2) is 0 Å². The Morgan fingerprint density at radius 1 is 1.47 bits per heavy atom. The first-order valence-electron chi connectivity index (χ1n) is 5.74. The van der Waals surface area contributed by atoms with Crippen LogP contribution in [0.15, 0.2) is 24.3 Å². The highest BCUT2D eigenvalue weighted by Gasteiger charge is 2.31. The van der Waals surface area contributed by atoms with Crippen LogP contribution in [0.2, 0.25) is 5.02 Å². The van der Waals surface area contributed by atoms with E-state index in [-0.39, 0.29) is 0 Å².